The Morgan fingerprint density at radius 3 is 2.56 bits per heavy atom. The molecule has 2 heterocycles. The zero-order chi connectivity index (χ0) is 18.2. The largest absolute Gasteiger partial charge is 0.462 e. The summed E-state index contributed by atoms with van der Waals surface area (Å²) in [5.74, 6) is -0.903. The maximum absolute atomic E-state index is 13.6. The number of ether oxygens (including phenoxy) is 1. The molecule has 9 heteroatoms. The molecule has 0 aliphatic rings. The summed E-state index contributed by atoms with van der Waals surface area (Å²) in [5, 5.41) is 4.67. The van der Waals surface area contributed by atoms with Crippen LogP contribution in [-0.2, 0) is 10.9 Å². The van der Waals surface area contributed by atoms with Crippen molar-refractivity contribution in [3.8, 4) is 5.69 Å². The van der Waals surface area contributed by atoms with Gasteiger partial charge in [-0.15, -0.1) is 0 Å². The Labute approximate surface area is 140 Å². The summed E-state index contributed by atoms with van der Waals surface area (Å²) in [4.78, 5) is 15.8. The number of nitrogen functional groups attached to an aromatic ring is 1. The van der Waals surface area contributed by atoms with E-state index in [4.69, 9.17) is 10.5 Å². The molecule has 2 aromatic heterocycles. The van der Waals surface area contributed by atoms with Gasteiger partial charge in [0.15, 0.2) is 5.69 Å². The quantitative estimate of drug-likeness (QED) is 0.734. The molecule has 0 saturated carbocycles. The van der Waals surface area contributed by atoms with E-state index in [2.05, 4.69) is 10.1 Å². The van der Waals surface area contributed by atoms with E-state index in [1.165, 1.54) is 13.1 Å². The van der Waals surface area contributed by atoms with Crippen molar-refractivity contribution in [2.24, 2.45) is 0 Å². The van der Waals surface area contributed by atoms with Gasteiger partial charge >= 0.3 is 12.1 Å². The van der Waals surface area contributed by atoms with Gasteiger partial charge in [-0.2, -0.15) is 18.3 Å². The second kappa shape index (κ2) is 6.08. The first-order chi connectivity index (χ1) is 11.8. The van der Waals surface area contributed by atoms with Crippen molar-refractivity contribution in [1.82, 2.24) is 14.8 Å². The van der Waals surface area contributed by atoms with E-state index in [1.807, 2.05) is 0 Å². The highest BCUT2D eigenvalue weighted by Gasteiger charge is 2.41. The monoisotopic (exact) mass is 350 g/mol. The number of carbonyl (C=O) groups is 1. The average Bonchev–Trinajstić information content (AvgIpc) is 3.01. The maximum Gasteiger partial charge on any atom is 0.434 e. The highest BCUT2D eigenvalue weighted by atomic mass is 19.4. The Kier molecular flexibility index (Phi) is 4.07. The van der Waals surface area contributed by atoms with E-state index >= 15 is 0 Å². The van der Waals surface area contributed by atoms with E-state index in [-0.39, 0.29) is 18.1 Å². The summed E-state index contributed by atoms with van der Waals surface area (Å²) < 4.78 is 46.1. The van der Waals surface area contributed by atoms with Crippen LogP contribution in [0.4, 0.5) is 19.0 Å². The van der Waals surface area contributed by atoms with Gasteiger partial charge in [-0.1, -0.05) is 24.3 Å². The SMILES string of the molecule is CCOC(=O)c1cnn(-c2cnc(N)c3ccccc23)c1C(F)(F)F. The standard InChI is InChI=1S/C16H13F3N4O2/c1-2-25-15(24)11-7-22-23(13(11)16(17,18)19)12-8-21-14(20)10-6-4-3-5-9(10)12/h3-8H,2H2,1H3,(H2,20,21). The van der Waals surface area contributed by atoms with Crippen LogP contribution in [0.5, 0.6) is 0 Å². The summed E-state index contributed by atoms with van der Waals surface area (Å²) in [6, 6.07) is 6.61. The number of hydrogen-bond donors (Lipinski definition) is 1. The van der Waals surface area contributed by atoms with Crippen LogP contribution in [-0.4, -0.2) is 27.3 Å². The Morgan fingerprint density at radius 1 is 1.24 bits per heavy atom. The van der Waals surface area contributed by atoms with Crippen LogP contribution in [0.3, 0.4) is 0 Å². The molecule has 6 nitrogen and oxygen atoms in total. The predicted molar refractivity (Wildman–Crippen MR) is 84.2 cm³/mol. The van der Waals surface area contributed by atoms with E-state index in [1.54, 1.807) is 24.3 Å². The van der Waals surface area contributed by atoms with E-state index in [0.717, 1.165) is 6.20 Å². The molecule has 0 fully saturated rings. The Hall–Kier alpha value is -3.10. The number of hydrogen-bond acceptors (Lipinski definition) is 5. The van der Waals surface area contributed by atoms with Crippen LogP contribution >= 0.6 is 0 Å². The van der Waals surface area contributed by atoms with Crippen LogP contribution in [0.25, 0.3) is 16.5 Å². The fraction of sp³-hybridized carbons (Fsp3) is 0.188. The molecule has 3 aromatic rings. The first-order valence-corrected chi connectivity index (χ1v) is 7.30. The summed E-state index contributed by atoms with van der Waals surface area (Å²) in [7, 11) is 0. The molecule has 0 unspecified atom stereocenters. The van der Waals surface area contributed by atoms with Gasteiger partial charge in [-0.25, -0.2) is 14.5 Å². The molecule has 130 valence electrons. The molecule has 0 aliphatic carbocycles. The van der Waals surface area contributed by atoms with Crippen molar-refractivity contribution in [1.29, 1.82) is 0 Å². The Balaban J connectivity index is 2.29. The first-order valence-electron chi connectivity index (χ1n) is 7.30. The number of nitrogens with zero attached hydrogens (tertiary/aromatic N) is 3. The van der Waals surface area contributed by atoms with Crippen molar-refractivity contribution in [2.75, 3.05) is 12.3 Å². The number of anilines is 1. The number of nitrogens with two attached hydrogens (primary N) is 1. The van der Waals surface area contributed by atoms with E-state index in [0.29, 0.717) is 15.5 Å². The van der Waals surface area contributed by atoms with Crippen molar-refractivity contribution >= 4 is 22.6 Å². The lowest BCUT2D eigenvalue weighted by atomic mass is 10.1. The molecule has 0 bridgehead atoms. The zero-order valence-electron chi connectivity index (χ0n) is 13.0. The normalized spacial score (nSPS) is 11.7. The molecular weight excluding hydrogens is 337 g/mol. The number of fused-ring (bicyclic) bond motifs is 1. The smallest absolute Gasteiger partial charge is 0.434 e. The van der Waals surface area contributed by atoms with Crippen LogP contribution < -0.4 is 5.73 Å². The Morgan fingerprint density at radius 2 is 1.92 bits per heavy atom. The molecule has 2 N–H and O–H groups in total. The lowest BCUT2D eigenvalue weighted by Gasteiger charge is -2.14. The lowest BCUT2D eigenvalue weighted by molar-refractivity contribution is -0.143. The molecule has 0 atom stereocenters. The van der Waals surface area contributed by atoms with E-state index < -0.39 is 23.4 Å². The number of pyridine rings is 1. The van der Waals surface area contributed by atoms with Crippen LogP contribution in [0, 0.1) is 0 Å². The number of carbonyl (C=O) groups excluding carboxylic acids is 1. The zero-order valence-corrected chi connectivity index (χ0v) is 13.0. The minimum Gasteiger partial charge on any atom is -0.462 e. The number of benzene rings is 1. The first kappa shape index (κ1) is 16.7. The van der Waals surface area contributed by atoms with Gasteiger partial charge in [0, 0.05) is 10.8 Å². The van der Waals surface area contributed by atoms with Crippen molar-refractivity contribution in [3.63, 3.8) is 0 Å². The molecule has 0 saturated heterocycles. The highest BCUT2D eigenvalue weighted by Crippen LogP contribution is 2.35. The molecular formula is C16H13F3N4O2. The van der Waals surface area contributed by atoms with Crippen molar-refractivity contribution in [2.45, 2.75) is 13.1 Å². The van der Waals surface area contributed by atoms with Gasteiger partial charge < -0.3 is 10.5 Å². The maximum atomic E-state index is 13.6. The van der Waals surface area contributed by atoms with Gasteiger partial charge in [-0.05, 0) is 6.92 Å². The van der Waals surface area contributed by atoms with Gasteiger partial charge in [0.25, 0.3) is 0 Å². The molecule has 0 aliphatic heterocycles. The van der Waals surface area contributed by atoms with Crippen molar-refractivity contribution in [3.05, 3.63) is 47.9 Å². The summed E-state index contributed by atoms with van der Waals surface area (Å²) in [6.07, 6.45) is -2.79. The van der Waals surface area contributed by atoms with Gasteiger partial charge in [0.05, 0.1) is 24.7 Å². The van der Waals surface area contributed by atoms with Gasteiger partial charge in [-0.3, -0.25) is 0 Å². The van der Waals surface area contributed by atoms with Crippen LogP contribution in [0.2, 0.25) is 0 Å². The third kappa shape index (κ3) is 2.88. The number of rotatable bonds is 3. The fourth-order valence-corrected chi connectivity index (χ4v) is 2.53. The fourth-order valence-electron chi connectivity index (χ4n) is 2.53. The summed E-state index contributed by atoms with van der Waals surface area (Å²) in [6.45, 7) is 1.46. The van der Waals surface area contributed by atoms with Gasteiger partial charge in [0.2, 0.25) is 0 Å². The predicted octanol–water partition coefficient (Wildman–Crippen LogP) is 3.20. The molecule has 0 amide bonds. The third-order valence-electron chi connectivity index (χ3n) is 3.57. The van der Waals surface area contributed by atoms with E-state index in [9.17, 15) is 18.0 Å². The van der Waals surface area contributed by atoms with Gasteiger partial charge in [0.1, 0.15) is 11.4 Å². The number of halogens is 3. The minimum atomic E-state index is -4.82. The molecule has 0 spiro atoms. The number of aromatic nitrogens is 3. The topological polar surface area (TPSA) is 83.0 Å². The number of esters is 1. The number of alkyl halides is 3. The third-order valence-corrected chi connectivity index (χ3v) is 3.57. The molecule has 25 heavy (non-hydrogen) atoms. The van der Waals surface area contributed by atoms with Crippen LogP contribution in [0.15, 0.2) is 36.7 Å². The molecule has 1 aromatic carbocycles. The highest BCUT2D eigenvalue weighted by molar-refractivity contribution is 5.97. The Bertz CT molecular complexity index is 950. The lowest BCUT2D eigenvalue weighted by Crippen LogP contribution is -2.19. The second-order valence-electron chi connectivity index (χ2n) is 5.11. The summed E-state index contributed by atoms with van der Waals surface area (Å²) >= 11 is 0. The minimum absolute atomic E-state index is 0.0479. The second-order valence-corrected chi connectivity index (χ2v) is 5.11. The van der Waals surface area contributed by atoms with Crippen molar-refractivity contribution < 1.29 is 22.7 Å². The molecule has 3 rings (SSSR count). The van der Waals surface area contributed by atoms with Crippen LogP contribution in [0.1, 0.15) is 23.0 Å². The molecule has 0 radical (unpaired) electrons. The summed E-state index contributed by atoms with van der Waals surface area (Å²) in [5.41, 5.74) is 3.97. The average molecular weight is 350 g/mol.